The van der Waals surface area contributed by atoms with Crippen molar-refractivity contribution < 1.29 is 9.59 Å². The van der Waals surface area contributed by atoms with Crippen LogP contribution >= 0.6 is 11.8 Å². The molecule has 0 bridgehead atoms. The molecular weight excluding hydrogens is 406 g/mol. The van der Waals surface area contributed by atoms with Crippen LogP contribution in [0.1, 0.15) is 41.3 Å². The minimum absolute atomic E-state index is 0.193. The van der Waals surface area contributed by atoms with E-state index in [2.05, 4.69) is 34.0 Å². The Labute approximate surface area is 186 Å². The fourth-order valence-corrected chi connectivity index (χ4v) is 4.81. The molecule has 0 fully saturated rings. The molecule has 2 N–H and O–H groups in total. The molecule has 2 unspecified atom stereocenters. The van der Waals surface area contributed by atoms with Gasteiger partial charge >= 0.3 is 11.8 Å². The maximum Gasteiger partial charge on any atom is 0.329 e. The third kappa shape index (κ3) is 5.03. The predicted molar refractivity (Wildman–Crippen MR) is 124 cm³/mol. The molecule has 0 saturated carbocycles. The van der Waals surface area contributed by atoms with E-state index in [1.54, 1.807) is 11.8 Å². The maximum absolute atomic E-state index is 12.4. The number of carbonyl (C=O) groups excluding carboxylic acids is 2. The van der Waals surface area contributed by atoms with Crippen LogP contribution in [0.15, 0.2) is 94.9 Å². The van der Waals surface area contributed by atoms with Crippen molar-refractivity contribution in [2.45, 2.75) is 29.5 Å². The van der Waals surface area contributed by atoms with Crippen LogP contribution in [0.4, 0.5) is 0 Å². The largest absolute Gasteiger partial charge is 0.341 e. The lowest BCUT2D eigenvalue weighted by Crippen LogP contribution is -2.39. The predicted octanol–water partition coefficient (Wildman–Crippen LogP) is 4.62. The Bertz CT molecular complexity index is 1100. The molecule has 31 heavy (non-hydrogen) atoms. The van der Waals surface area contributed by atoms with Gasteiger partial charge in [0.1, 0.15) is 0 Å². The number of carbonyl (C=O) groups is 2. The summed E-state index contributed by atoms with van der Waals surface area (Å²) in [4.78, 5) is 25.8. The second-order valence-corrected chi connectivity index (χ2v) is 8.57. The number of benzene rings is 3. The van der Waals surface area contributed by atoms with E-state index in [1.807, 2.05) is 73.7 Å². The van der Waals surface area contributed by atoms with Crippen LogP contribution in [-0.2, 0) is 9.59 Å². The number of rotatable bonds is 4. The Morgan fingerprint density at radius 2 is 1.55 bits per heavy atom. The van der Waals surface area contributed by atoms with Crippen LogP contribution in [0.2, 0.25) is 0 Å². The van der Waals surface area contributed by atoms with Gasteiger partial charge in [-0.3, -0.25) is 9.59 Å². The molecule has 2 amide bonds. The molecule has 0 radical (unpaired) electrons. The highest BCUT2D eigenvalue weighted by atomic mass is 32.2. The quantitative estimate of drug-likeness (QED) is 0.470. The number of nitrogens with zero attached hydrogens (tertiary/aromatic N) is 1. The van der Waals surface area contributed by atoms with Crippen molar-refractivity contribution >= 4 is 29.3 Å². The number of hydrazone groups is 1. The summed E-state index contributed by atoms with van der Waals surface area (Å²) in [6, 6.07) is 27.5. The molecule has 0 aliphatic carbocycles. The third-order valence-corrected chi connectivity index (χ3v) is 6.50. The molecular formula is C25H23N3O2S. The molecule has 3 aromatic carbocycles. The molecule has 1 heterocycles. The zero-order valence-electron chi connectivity index (χ0n) is 17.1. The topological polar surface area (TPSA) is 70.6 Å². The van der Waals surface area contributed by atoms with Crippen molar-refractivity contribution in [1.29, 1.82) is 0 Å². The average molecular weight is 430 g/mol. The van der Waals surface area contributed by atoms with Crippen molar-refractivity contribution in [3.63, 3.8) is 0 Å². The minimum atomic E-state index is -0.776. The molecule has 1 aliphatic heterocycles. The Hall–Kier alpha value is -3.38. The summed E-state index contributed by atoms with van der Waals surface area (Å²) in [7, 11) is 0. The second kappa shape index (κ2) is 9.62. The second-order valence-electron chi connectivity index (χ2n) is 7.32. The molecule has 4 rings (SSSR count). The van der Waals surface area contributed by atoms with E-state index in [9.17, 15) is 9.59 Å². The van der Waals surface area contributed by atoms with Crippen LogP contribution in [0.5, 0.6) is 0 Å². The zero-order valence-corrected chi connectivity index (χ0v) is 17.9. The summed E-state index contributed by atoms with van der Waals surface area (Å²) in [5.41, 5.74) is 6.33. The summed E-state index contributed by atoms with van der Waals surface area (Å²) in [5, 5.41) is 7.25. The van der Waals surface area contributed by atoms with Gasteiger partial charge in [0.05, 0.1) is 11.8 Å². The highest BCUT2D eigenvalue weighted by Crippen LogP contribution is 2.44. The van der Waals surface area contributed by atoms with Gasteiger partial charge in [0.2, 0.25) is 0 Å². The Kier molecular flexibility index (Phi) is 6.48. The van der Waals surface area contributed by atoms with Gasteiger partial charge in [-0.2, -0.15) is 5.10 Å². The van der Waals surface area contributed by atoms with E-state index in [1.165, 1.54) is 5.56 Å². The summed E-state index contributed by atoms with van der Waals surface area (Å²) in [6.45, 7) is 1.84. The molecule has 0 saturated heterocycles. The van der Waals surface area contributed by atoms with E-state index in [0.717, 1.165) is 21.7 Å². The lowest BCUT2D eigenvalue weighted by Gasteiger charge is -2.25. The van der Waals surface area contributed by atoms with E-state index in [4.69, 9.17) is 0 Å². The molecule has 0 spiro atoms. The van der Waals surface area contributed by atoms with Gasteiger partial charge in [0.25, 0.3) is 0 Å². The number of fused-ring (bicyclic) bond motifs is 1. The number of thioether (sulfide) groups is 1. The first-order valence-corrected chi connectivity index (χ1v) is 11.0. The monoisotopic (exact) mass is 429 g/mol. The van der Waals surface area contributed by atoms with E-state index in [0.29, 0.717) is 6.42 Å². The lowest BCUT2D eigenvalue weighted by molar-refractivity contribution is -0.139. The normalized spacial score (nSPS) is 17.5. The van der Waals surface area contributed by atoms with Gasteiger partial charge < -0.3 is 5.32 Å². The van der Waals surface area contributed by atoms with Gasteiger partial charge in [-0.1, -0.05) is 78.9 Å². The van der Waals surface area contributed by atoms with Gasteiger partial charge in [-0.25, -0.2) is 5.43 Å². The van der Waals surface area contributed by atoms with Crippen LogP contribution in [0.25, 0.3) is 0 Å². The standard InChI is InChI=1S/C25H23N3O2S/c1-17(18-10-4-2-5-11-18)26-24(29)25(30)28-27-21-16-23(19-12-6-3-7-13-19)31-22-15-9-8-14-20(21)22/h2-15,17,23H,16H2,1H3,(H,26,29)(H,28,30). The summed E-state index contributed by atoms with van der Waals surface area (Å²) in [5.74, 6) is -1.49. The molecule has 156 valence electrons. The fraction of sp³-hybridized carbons (Fsp3) is 0.160. The Balaban J connectivity index is 1.48. The molecule has 3 aromatic rings. The van der Waals surface area contributed by atoms with Crippen molar-refractivity contribution in [3.8, 4) is 0 Å². The molecule has 1 aliphatic rings. The molecule has 5 nitrogen and oxygen atoms in total. The van der Waals surface area contributed by atoms with Gasteiger partial charge in [-0.05, 0) is 24.1 Å². The van der Waals surface area contributed by atoms with E-state index >= 15 is 0 Å². The molecule has 0 aromatic heterocycles. The van der Waals surface area contributed by atoms with Crippen LogP contribution < -0.4 is 10.7 Å². The minimum Gasteiger partial charge on any atom is -0.341 e. The van der Waals surface area contributed by atoms with E-state index < -0.39 is 11.8 Å². The van der Waals surface area contributed by atoms with Crippen molar-refractivity contribution in [3.05, 3.63) is 102 Å². The zero-order chi connectivity index (χ0) is 21.6. The van der Waals surface area contributed by atoms with Gasteiger partial charge in [0.15, 0.2) is 0 Å². The highest BCUT2D eigenvalue weighted by molar-refractivity contribution is 7.99. The number of nitrogens with one attached hydrogen (secondary N) is 2. The first-order valence-electron chi connectivity index (χ1n) is 10.1. The number of hydrogen-bond donors (Lipinski definition) is 2. The summed E-state index contributed by atoms with van der Waals surface area (Å²) >= 11 is 1.79. The SMILES string of the molecule is CC(NC(=O)C(=O)NN=C1CC(c2ccccc2)Sc2ccccc21)c1ccccc1. The van der Waals surface area contributed by atoms with Crippen molar-refractivity contribution in [2.24, 2.45) is 5.10 Å². The van der Waals surface area contributed by atoms with Crippen LogP contribution in [-0.4, -0.2) is 17.5 Å². The van der Waals surface area contributed by atoms with Gasteiger partial charge in [-0.15, -0.1) is 11.8 Å². The van der Waals surface area contributed by atoms with Crippen molar-refractivity contribution in [1.82, 2.24) is 10.7 Å². The smallest absolute Gasteiger partial charge is 0.329 e. The van der Waals surface area contributed by atoms with E-state index in [-0.39, 0.29) is 11.3 Å². The average Bonchev–Trinajstić information content (AvgIpc) is 2.83. The first kappa shape index (κ1) is 20.9. The summed E-state index contributed by atoms with van der Waals surface area (Å²) < 4.78 is 0. The van der Waals surface area contributed by atoms with Crippen molar-refractivity contribution in [2.75, 3.05) is 0 Å². The van der Waals surface area contributed by atoms with Crippen LogP contribution in [0, 0.1) is 0 Å². The summed E-state index contributed by atoms with van der Waals surface area (Å²) in [6.07, 6.45) is 0.661. The number of amides is 2. The Morgan fingerprint density at radius 1 is 0.903 bits per heavy atom. The third-order valence-electron chi connectivity index (χ3n) is 5.16. The molecule has 2 atom stereocenters. The fourth-order valence-electron chi connectivity index (χ4n) is 3.50. The van der Waals surface area contributed by atoms with Crippen LogP contribution in [0.3, 0.4) is 0 Å². The Morgan fingerprint density at radius 3 is 2.29 bits per heavy atom. The maximum atomic E-state index is 12.4. The number of hydrogen-bond acceptors (Lipinski definition) is 4. The lowest BCUT2D eigenvalue weighted by atomic mass is 10.0. The highest BCUT2D eigenvalue weighted by Gasteiger charge is 2.26. The first-order chi connectivity index (χ1) is 15.1. The van der Waals surface area contributed by atoms with Gasteiger partial charge in [0, 0.05) is 22.1 Å². The molecule has 6 heteroatoms.